The van der Waals surface area contributed by atoms with Crippen LogP contribution in [0.2, 0.25) is 0 Å². The van der Waals surface area contributed by atoms with E-state index in [0.29, 0.717) is 12.2 Å². The summed E-state index contributed by atoms with van der Waals surface area (Å²) in [5.74, 6) is 0.751. The van der Waals surface area contributed by atoms with Gasteiger partial charge in [-0.2, -0.15) is 0 Å². The van der Waals surface area contributed by atoms with Gasteiger partial charge in [-0.15, -0.1) is 0 Å². The second-order valence-corrected chi connectivity index (χ2v) is 8.11. The van der Waals surface area contributed by atoms with Gasteiger partial charge in [0.15, 0.2) is 0 Å². The van der Waals surface area contributed by atoms with Crippen LogP contribution in [0.3, 0.4) is 0 Å². The summed E-state index contributed by atoms with van der Waals surface area (Å²) in [5.41, 5.74) is 1.33. The van der Waals surface area contributed by atoms with Crippen LogP contribution in [-0.2, 0) is 16.6 Å². The molecule has 2 rings (SSSR count). The van der Waals surface area contributed by atoms with E-state index in [1.54, 1.807) is 18.2 Å². The SMILES string of the molecule is CC1CCC(NC(=O)NCc2cccc(NS(C)(=O)=O)c2)CC1. The zero-order chi connectivity index (χ0) is 16.9. The van der Waals surface area contributed by atoms with Crippen LogP contribution in [0.15, 0.2) is 24.3 Å². The molecule has 1 aliphatic carbocycles. The molecule has 23 heavy (non-hydrogen) atoms. The van der Waals surface area contributed by atoms with E-state index in [0.717, 1.165) is 43.4 Å². The van der Waals surface area contributed by atoms with Gasteiger partial charge < -0.3 is 10.6 Å². The van der Waals surface area contributed by atoms with Crippen molar-refractivity contribution in [3.8, 4) is 0 Å². The number of hydrogen-bond acceptors (Lipinski definition) is 3. The molecular weight excluding hydrogens is 314 g/mol. The fourth-order valence-corrected chi connectivity index (χ4v) is 3.34. The van der Waals surface area contributed by atoms with Crippen molar-refractivity contribution in [3.05, 3.63) is 29.8 Å². The maximum absolute atomic E-state index is 11.9. The molecule has 0 aliphatic heterocycles. The van der Waals surface area contributed by atoms with Crippen LogP contribution in [-0.4, -0.2) is 26.7 Å². The lowest BCUT2D eigenvalue weighted by molar-refractivity contribution is 0.228. The lowest BCUT2D eigenvalue weighted by atomic mass is 9.87. The summed E-state index contributed by atoms with van der Waals surface area (Å²) < 4.78 is 24.9. The Morgan fingerprint density at radius 3 is 2.57 bits per heavy atom. The van der Waals surface area contributed by atoms with Crippen LogP contribution >= 0.6 is 0 Å². The largest absolute Gasteiger partial charge is 0.335 e. The highest BCUT2D eigenvalue weighted by atomic mass is 32.2. The molecule has 0 atom stereocenters. The molecule has 0 bridgehead atoms. The van der Waals surface area contributed by atoms with Gasteiger partial charge in [0.05, 0.1) is 6.26 Å². The number of rotatable bonds is 5. The molecular formula is C16H25N3O3S. The summed E-state index contributed by atoms with van der Waals surface area (Å²) in [5, 5.41) is 5.82. The molecule has 1 fully saturated rings. The predicted octanol–water partition coefficient (Wildman–Crippen LogP) is 2.44. The molecule has 0 saturated heterocycles. The number of benzene rings is 1. The number of amides is 2. The smallest absolute Gasteiger partial charge is 0.315 e. The van der Waals surface area contributed by atoms with Gasteiger partial charge in [-0.05, 0) is 49.3 Å². The summed E-state index contributed by atoms with van der Waals surface area (Å²) in [6.07, 6.45) is 5.48. The third kappa shape index (κ3) is 6.48. The van der Waals surface area contributed by atoms with E-state index in [2.05, 4.69) is 22.3 Å². The fraction of sp³-hybridized carbons (Fsp3) is 0.562. The Labute approximate surface area is 138 Å². The number of urea groups is 1. The van der Waals surface area contributed by atoms with E-state index in [1.165, 1.54) is 0 Å². The topological polar surface area (TPSA) is 87.3 Å². The Balaban J connectivity index is 1.81. The number of carbonyl (C=O) groups is 1. The van der Waals surface area contributed by atoms with Crippen molar-refractivity contribution in [1.82, 2.24) is 10.6 Å². The first kappa shape index (κ1) is 17.6. The summed E-state index contributed by atoms with van der Waals surface area (Å²) in [7, 11) is -3.30. The molecule has 0 spiro atoms. The number of anilines is 1. The molecule has 0 radical (unpaired) electrons. The Kier molecular flexibility index (Phi) is 5.87. The molecule has 1 saturated carbocycles. The van der Waals surface area contributed by atoms with E-state index in [9.17, 15) is 13.2 Å². The van der Waals surface area contributed by atoms with Gasteiger partial charge in [-0.3, -0.25) is 4.72 Å². The summed E-state index contributed by atoms with van der Waals surface area (Å²) in [6.45, 7) is 2.60. The standard InChI is InChI=1S/C16H25N3O3S/c1-12-6-8-14(9-7-12)18-16(20)17-11-13-4-3-5-15(10-13)19-23(2,21)22/h3-5,10,12,14,19H,6-9,11H2,1-2H3,(H2,17,18,20). The predicted molar refractivity (Wildman–Crippen MR) is 91.7 cm³/mol. The first-order chi connectivity index (χ1) is 10.8. The number of nitrogens with one attached hydrogen (secondary N) is 3. The van der Waals surface area contributed by atoms with Gasteiger partial charge >= 0.3 is 6.03 Å². The molecule has 0 unspecified atom stereocenters. The third-order valence-corrected chi connectivity index (χ3v) is 4.64. The molecule has 1 aromatic carbocycles. The van der Waals surface area contributed by atoms with E-state index < -0.39 is 10.0 Å². The second-order valence-electron chi connectivity index (χ2n) is 6.36. The van der Waals surface area contributed by atoms with Crippen molar-refractivity contribution in [2.45, 2.75) is 45.2 Å². The van der Waals surface area contributed by atoms with Crippen LogP contribution < -0.4 is 15.4 Å². The molecule has 1 aliphatic rings. The molecule has 7 heteroatoms. The first-order valence-corrected chi connectivity index (χ1v) is 9.82. The van der Waals surface area contributed by atoms with E-state index >= 15 is 0 Å². The minimum Gasteiger partial charge on any atom is -0.335 e. The summed E-state index contributed by atoms with van der Waals surface area (Å²) in [4.78, 5) is 11.9. The molecule has 128 valence electrons. The molecule has 0 heterocycles. The molecule has 2 amide bonds. The Morgan fingerprint density at radius 1 is 1.22 bits per heavy atom. The lowest BCUT2D eigenvalue weighted by Crippen LogP contribution is -2.43. The van der Waals surface area contributed by atoms with Gasteiger partial charge in [0.2, 0.25) is 10.0 Å². The van der Waals surface area contributed by atoms with Crippen molar-refractivity contribution >= 4 is 21.7 Å². The first-order valence-electron chi connectivity index (χ1n) is 7.93. The van der Waals surface area contributed by atoms with E-state index in [4.69, 9.17) is 0 Å². The van der Waals surface area contributed by atoms with Gasteiger partial charge in [0, 0.05) is 18.3 Å². The van der Waals surface area contributed by atoms with Crippen molar-refractivity contribution in [2.75, 3.05) is 11.0 Å². The Bertz CT molecular complexity index is 638. The second kappa shape index (κ2) is 7.68. The van der Waals surface area contributed by atoms with Crippen LogP contribution in [0.5, 0.6) is 0 Å². The monoisotopic (exact) mass is 339 g/mol. The summed E-state index contributed by atoms with van der Waals surface area (Å²) in [6, 6.07) is 7.06. The van der Waals surface area contributed by atoms with Crippen LogP contribution in [0.25, 0.3) is 0 Å². The highest BCUT2D eigenvalue weighted by molar-refractivity contribution is 7.92. The fourth-order valence-electron chi connectivity index (χ4n) is 2.78. The highest BCUT2D eigenvalue weighted by Gasteiger charge is 2.19. The van der Waals surface area contributed by atoms with Crippen LogP contribution in [0, 0.1) is 5.92 Å². The molecule has 6 nitrogen and oxygen atoms in total. The zero-order valence-corrected chi connectivity index (χ0v) is 14.4. The number of sulfonamides is 1. The highest BCUT2D eigenvalue weighted by Crippen LogP contribution is 2.23. The van der Waals surface area contributed by atoms with Gasteiger partial charge in [0.25, 0.3) is 0 Å². The van der Waals surface area contributed by atoms with Crippen molar-refractivity contribution in [3.63, 3.8) is 0 Å². The third-order valence-electron chi connectivity index (χ3n) is 4.03. The van der Waals surface area contributed by atoms with E-state index in [-0.39, 0.29) is 12.1 Å². The van der Waals surface area contributed by atoms with Crippen molar-refractivity contribution in [2.24, 2.45) is 5.92 Å². The average Bonchev–Trinajstić information content (AvgIpc) is 2.46. The molecule has 1 aromatic rings. The minimum absolute atomic E-state index is 0.175. The Hall–Kier alpha value is -1.76. The average molecular weight is 339 g/mol. The Morgan fingerprint density at radius 2 is 1.91 bits per heavy atom. The normalized spacial score (nSPS) is 21.5. The van der Waals surface area contributed by atoms with Crippen molar-refractivity contribution in [1.29, 1.82) is 0 Å². The quantitative estimate of drug-likeness (QED) is 0.770. The zero-order valence-electron chi connectivity index (χ0n) is 13.6. The van der Waals surface area contributed by atoms with Gasteiger partial charge in [-0.1, -0.05) is 19.1 Å². The molecule has 0 aromatic heterocycles. The van der Waals surface area contributed by atoms with E-state index in [1.807, 2.05) is 6.07 Å². The lowest BCUT2D eigenvalue weighted by Gasteiger charge is -2.26. The van der Waals surface area contributed by atoms with Gasteiger partial charge in [0.1, 0.15) is 0 Å². The maximum atomic E-state index is 11.9. The maximum Gasteiger partial charge on any atom is 0.315 e. The summed E-state index contributed by atoms with van der Waals surface area (Å²) >= 11 is 0. The number of carbonyl (C=O) groups excluding carboxylic acids is 1. The van der Waals surface area contributed by atoms with Crippen LogP contribution in [0.1, 0.15) is 38.2 Å². The molecule has 3 N–H and O–H groups in total. The number of hydrogen-bond donors (Lipinski definition) is 3. The van der Waals surface area contributed by atoms with Crippen molar-refractivity contribution < 1.29 is 13.2 Å². The van der Waals surface area contributed by atoms with Crippen LogP contribution in [0.4, 0.5) is 10.5 Å². The van der Waals surface area contributed by atoms with Gasteiger partial charge in [-0.25, -0.2) is 13.2 Å². The minimum atomic E-state index is -3.30.